The van der Waals surface area contributed by atoms with Gasteiger partial charge in [0.25, 0.3) is 5.91 Å². The van der Waals surface area contributed by atoms with Crippen molar-refractivity contribution in [1.29, 1.82) is 0 Å². The van der Waals surface area contributed by atoms with E-state index in [0.717, 1.165) is 25.3 Å². The third-order valence-electron chi connectivity index (χ3n) is 2.78. The topological polar surface area (TPSA) is 66.4 Å². The molecule has 0 saturated heterocycles. The first-order chi connectivity index (χ1) is 9.50. The molecule has 1 aromatic carbocycles. The zero-order valence-electron chi connectivity index (χ0n) is 11.0. The lowest BCUT2D eigenvalue weighted by molar-refractivity contribution is -0.137. The van der Waals surface area contributed by atoms with E-state index in [1.807, 2.05) is 0 Å². The van der Waals surface area contributed by atoms with Crippen LogP contribution in [0.4, 0.5) is 4.39 Å². The van der Waals surface area contributed by atoms with Crippen molar-refractivity contribution in [2.24, 2.45) is 0 Å². The van der Waals surface area contributed by atoms with Gasteiger partial charge in [0.1, 0.15) is 5.82 Å². The maximum Gasteiger partial charge on any atom is 0.303 e. The lowest BCUT2D eigenvalue weighted by Gasteiger charge is -2.05. The van der Waals surface area contributed by atoms with Crippen LogP contribution < -0.4 is 5.32 Å². The van der Waals surface area contributed by atoms with Crippen molar-refractivity contribution < 1.29 is 19.1 Å². The van der Waals surface area contributed by atoms with Crippen LogP contribution in [0.2, 0.25) is 5.02 Å². The van der Waals surface area contributed by atoms with E-state index < -0.39 is 11.8 Å². The Kier molecular flexibility index (Phi) is 7.01. The highest BCUT2D eigenvalue weighted by Crippen LogP contribution is 2.15. The van der Waals surface area contributed by atoms with Crippen molar-refractivity contribution in [3.05, 3.63) is 34.6 Å². The number of unbranched alkanes of at least 4 members (excludes halogenated alkanes) is 3. The lowest BCUT2D eigenvalue weighted by Crippen LogP contribution is -2.24. The fourth-order valence-corrected chi connectivity index (χ4v) is 1.88. The first-order valence-corrected chi connectivity index (χ1v) is 6.83. The van der Waals surface area contributed by atoms with E-state index >= 15 is 0 Å². The molecule has 0 aliphatic carbocycles. The highest BCUT2D eigenvalue weighted by atomic mass is 35.5. The van der Waals surface area contributed by atoms with Crippen LogP contribution in [-0.2, 0) is 4.79 Å². The van der Waals surface area contributed by atoms with Crippen LogP contribution >= 0.6 is 11.6 Å². The molecule has 1 amide bonds. The number of halogens is 2. The quantitative estimate of drug-likeness (QED) is 0.724. The Morgan fingerprint density at radius 2 is 1.90 bits per heavy atom. The third-order valence-corrected chi connectivity index (χ3v) is 3.07. The highest BCUT2D eigenvalue weighted by Gasteiger charge is 2.07. The number of carbonyl (C=O) groups is 2. The summed E-state index contributed by atoms with van der Waals surface area (Å²) in [7, 11) is 0. The molecular weight excluding hydrogens is 285 g/mol. The molecule has 0 heterocycles. The van der Waals surface area contributed by atoms with Crippen molar-refractivity contribution in [1.82, 2.24) is 5.32 Å². The molecule has 1 aromatic rings. The van der Waals surface area contributed by atoms with Crippen molar-refractivity contribution >= 4 is 23.5 Å². The Hall–Kier alpha value is -1.62. The maximum absolute atomic E-state index is 12.9. The van der Waals surface area contributed by atoms with Gasteiger partial charge in [0.15, 0.2) is 0 Å². The number of aliphatic carboxylic acids is 1. The van der Waals surface area contributed by atoms with E-state index in [4.69, 9.17) is 16.7 Å². The SMILES string of the molecule is O=C(O)CCCCCCNC(=O)c1ccc(F)c(Cl)c1. The number of amides is 1. The zero-order chi connectivity index (χ0) is 15.0. The molecule has 0 atom stereocenters. The van der Waals surface area contributed by atoms with Gasteiger partial charge in [-0.1, -0.05) is 24.4 Å². The summed E-state index contributed by atoms with van der Waals surface area (Å²) < 4.78 is 12.9. The van der Waals surface area contributed by atoms with Crippen LogP contribution in [-0.4, -0.2) is 23.5 Å². The molecule has 0 fully saturated rings. The highest BCUT2D eigenvalue weighted by molar-refractivity contribution is 6.31. The number of hydrogen-bond donors (Lipinski definition) is 2. The summed E-state index contributed by atoms with van der Waals surface area (Å²) >= 11 is 5.60. The predicted molar refractivity (Wildman–Crippen MR) is 74.5 cm³/mol. The van der Waals surface area contributed by atoms with Crippen LogP contribution in [0.15, 0.2) is 18.2 Å². The molecule has 0 radical (unpaired) electrons. The third kappa shape index (κ3) is 6.02. The van der Waals surface area contributed by atoms with Crippen molar-refractivity contribution in [3.63, 3.8) is 0 Å². The summed E-state index contributed by atoms with van der Waals surface area (Å²) in [4.78, 5) is 22.0. The van der Waals surface area contributed by atoms with Gasteiger partial charge in [-0.2, -0.15) is 0 Å². The Morgan fingerprint density at radius 1 is 1.20 bits per heavy atom. The smallest absolute Gasteiger partial charge is 0.303 e. The molecule has 0 unspecified atom stereocenters. The molecule has 4 nitrogen and oxygen atoms in total. The fourth-order valence-electron chi connectivity index (χ4n) is 1.70. The largest absolute Gasteiger partial charge is 0.481 e. The Labute approximate surface area is 121 Å². The van der Waals surface area contributed by atoms with Gasteiger partial charge in [-0.25, -0.2) is 4.39 Å². The second kappa shape index (κ2) is 8.53. The van der Waals surface area contributed by atoms with Gasteiger partial charge in [0.05, 0.1) is 5.02 Å². The van der Waals surface area contributed by atoms with Gasteiger partial charge in [-0.15, -0.1) is 0 Å². The lowest BCUT2D eigenvalue weighted by atomic mass is 10.1. The molecule has 0 saturated carbocycles. The van der Waals surface area contributed by atoms with E-state index in [0.29, 0.717) is 18.5 Å². The van der Waals surface area contributed by atoms with Gasteiger partial charge in [-0.05, 0) is 31.0 Å². The number of rotatable bonds is 8. The molecule has 0 aliphatic heterocycles. The molecule has 0 aliphatic rings. The second-order valence-corrected chi connectivity index (χ2v) is 4.85. The van der Waals surface area contributed by atoms with Crippen LogP contribution in [0.25, 0.3) is 0 Å². The van der Waals surface area contributed by atoms with E-state index in [1.54, 1.807) is 0 Å². The van der Waals surface area contributed by atoms with Crippen molar-refractivity contribution in [2.75, 3.05) is 6.54 Å². The summed E-state index contributed by atoms with van der Waals surface area (Å²) in [6, 6.07) is 3.83. The molecule has 20 heavy (non-hydrogen) atoms. The minimum atomic E-state index is -0.786. The summed E-state index contributed by atoms with van der Waals surface area (Å²) in [6.45, 7) is 0.501. The number of hydrogen-bond acceptors (Lipinski definition) is 2. The summed E-state index contributed by atoms with van der Waals surface area (Å²) in [6.07, 6.45) is 3.29. The van der Waals surface area contributed by atoms with Gasteiger partial charge in [0.2, 0.25) is 0 Å². The van der Waals surface area contributed by atoms with E-state index in [-0.39, 0.29) is 17.4 Å². The standard InChI is InChI=1S/C14H17ClFNO3/c15-11-9-10(6-7-12(11)16)14(20)17-8-4-2-1-3-5-13(18)19/h6-7,9H,1-5,8H2,(H,17,20)(H,18,19). The van der Waals surface area contributed by atoms with Gasteiger partial charge in [0, 0.05) is 18.5 Å². The predicted octanol–water partition coefficient (Wildman–Crippen LogP) is 3.24. The minimum absolute atomic E-state index is 0.0775. The molecular formula is C14H17ClFNO3. The summed E-state index contributed by atoms with van der Waals surface area (Å²) in [5, 5.41) is 11.1. The molecule has 0 aromatic heterocycles. The van der Waals surface area contributed by atoms with Crippen LogP contribution in [0, 0.1) is 5.82 Å². The van der Waals surface area contributed by atoms with Gasteiger partial charge >= 0.3 is 5.97 Å². The first kappa shape index (κ1) is 16.4. The van der Waals surface area contributed by atoms with Crippen molar-refractivity contribution in [2.45, 2.75) is 32.1 Å². The normalized spacial score (nSPS) is 10.3. The Bertz CT molecular complexity index is 479. The minimum Gasteiger partial charge on any atom is -0.481 e. The monoisotopic (exact) mass is 301 g/mol. The van der Waals surface area contributed by atoms with Crippen LogP contribution in [0.3, 0.4) is 0 Å². The fraction of sp³-hybridized carbons (Fsp3) is 0.429. The molecule has 0 spiro atoms. The number of nitrogens with one attached hydrogen (secondary N) is 1. The number of benzene rings is 1. The molecule has 1 rings (SSSR count). The van der Waals surface area contributed by atoms with Gasteiger partial charge < -0.3 is 10.4 Å². The van der Waals surface area contributed by atoms with E-state index in [9.17, 15) is 14.0 Å². The summed E-state index contributed by atoms with van der Waals surface area (Å²) in [5.74, 6) is -1.63. The zero-order valence-corrected chi connectivity index (χ0v) is 11.8. The van der Waals surface area contributed by atoms with Crippen molar-refractivity contribution in [3.8, 4) is 0 Å². The van der Waals surface area contributed by atoms with Crippen LogP contribution in [0.5, 0.6) is 0 Å². The van der Waals surface area contributed by atoms with Gasteiger partial charge in [-0.3, -0.25) is 9.59 Å². The maximum atomic E-state index is 12.9. The average Bonchev–Trinajstić information content (AvgIpc) is 2.40. The van der Waals surface area contributed by atoms with Crippen LogP contribution in [0.1, 0.15) is 42.5 Å². The molecule has 0 bridgehead atoms. The first-order valence-electron chi connectivity index (χ1n) is 6.45. The molecule has 110 valence electrons. The second-order valence-electron chi connectivity index (χ2n) is 4.44. The average molecular weight is 302 g/mol. The van der Waals surface area contributed by atoms with E-state index in [2.05, 4.69) is 5.32 Å². The number of carboxylic acid groups (broad SMARTS) is 1. The molecule has 2 N–H and O–H groups in total. The number of carboxylic acids is 1. The Balaban J connectivity index is 2.20. The molecule has 6 heteroatoms. The Morgan fingerprint density at radius 3 is 2.55 bits per heavy atom. The van der Waals surface area contributed by atoms with E-state index in [1.165, 1.54) is 12.1 Å². The summed E-state index contributed by atoms with van der Waals surface area (Å²) in [5.41, 5.74) is 0.322. The number of carbonyl (C=O) groups excluding carboxylic acids is 1.